The van der Waals surface area contributed by atoms with Crippen LogP contribution in [0.3, 0.4) is 0 Å². The molecule has 30 heavy (non-hydrogen) atoms. The normalized spacial score (nSPS) is 11.1. The lowest BCUT2D eigenvalue weighted by Crippen LogP contribution is -2.16. The topological polar surface area (TPSA) is 69.2 Å². The summed E-state index contributed by atoms with van der Waals surface area (Å²) in [6, 6.07) is 19.2. The first-order valence-electron chi connectivity index (χ1n) is 9.80. The first-order valence-corrected chi connectivity index (χ1v) is 9.80. The van der Waals surface area contributed by atoms with Gasteiger partial charge in [-0.25, -0.2) is 0 Å². The summed E-state index contributed by atoms with van der Waals surface area (Å²) in [4.78, 5) is 17.2. The minimum Gasteiger partial charge on any atom is -0.493 e. The quantitative estimate of drug-likeness (QED) is 0.406. The van der Waals surface area contributed by atoms with E-state index in [1.165, 1.54) is 6.21 Å². The highest BCUT2D eigenvalue weighted by molar-refractivity contribution is 5.95. The van der Waals surface area contributed by atoms with E-state index >= 15 is 0 Å². The number of carbonyl (C=O) groups excluding carboxylic acids is 1. The highest BCUT2D eigenvalue weighted by Gasteiger charge is 2.07. The largest absolute Gasteiger partial charge is 0.493 e. The predicted molar refractivity (Wildman–Crippen MR) is 119 cm³/mol. The minimum atomic E-state index is -0.280. The molecule has 0 bridgehead atoms. The zero-order valence-corrected chi connectivity index (χ0v) is 17.4. The van der Waals surface area contributed by atoms with Crippen molar-refractivity contribution < 1.29 is 19.1 Å². The Balaban J connectivity index is 1.51. The van der Waals surface area contributed by atoms with Gasteiger partial charge in [-0.05, 0) is 47.0 Å². The van der Waals surface area contributed by atoms with E-state index in [1.54, 1.807) is 13.2 Å². The monoisotopic (exact) mass is 406 g/mol. The van der Waals surface area contributed by atoms with Gasteiger partial charge in [0.15, 0.2) is 18.1 Å². The summed E-state index contributed by atoms with van der Waals surface area (Å²) >= 11 is 0. The Kier molecular flexibility index (Phi) is 7.27. The van der Waals surface area contributed by atoms with Gasteiger partial charge >= 0.3 is 0 Å². The highest BCUT2D eigenvalue weighted by Crippen LogP contribution is 2.28. The zero-order valence-electron chi connectivity index (χ0n) is 17.4. The Bertz CT molecular complexity index is 1030. The summed E-state index contributed by atoms with van der Waals surface area (Å²) in [6.45, 7) is 4.59. The van der Waals surface area contributed by atoms with Crippen molar-refractivity contribution in [1.29, 1.82) is 0 Å². The second-order valence-electron chi connectivity index (χ2n) is 7.23. The van der Waals surface area contributed by atoms with E-state index in [0.29, 0.717) is 29.7 Å². The van der Waals surface area contributed by atoms with Crippen LogP contribution >= 0.6 is 0 Å². The third kappa shape index (κ3) is 5.98. The fourth-order valence-corrected chi connectivity index (χ4v) is 2.80. The van der Waals surface area contributed by atoms with Crippen LogP contribution in [0.1, 0.15) is 19.4 Å². The molecule has 3 aromatic rings. The molecule has 1 N–H and O–H groups in total. The molecule has 3 aromatic carbocycles. The summed E-state index contributed by atoms with van der Waals surface area (Å²) < 4.78 is 11.1. The number of ether oxygens (including phenoxy) is 2. The van der Waals surface area contributed by atoms with E-state index in [0.717, 1.165) is 16.3 Å². The van der Waals surface area contributed by atoms with Gasteiger partial charge in [0.25, 0.3) is 5.91 Å². The van der Waals surface area contributed by atoms with E-state index in [1.807, 2.05) is 54.6 Å². The Labute approximate surface area is 176 Å². The summed E-state index contributed by atoms with van der Waals surface area (Å²) in [5, 5.41) is 8.85. The Morgan fingerprint density at radius 2 is 1.83 bits per heavy atom. The SMILES string of the molecule is COc1cc(/C=N\OCC(=O)Nc2ccc3ccccc3c2)ccc1OCC(C)C. The van der Waals surface area contributed by atoms with E-state index in [9.17, 15) is 4.79 Å². The highest BCUT2D eigenvalue weighted by atomic mass is 16.6. The maximum atomic E-state index is 12.1. The number of hydrogen-bond acceptors (Lipinski definition) is 5. The third-order valence-electron chi connectivity index (χ3n) is 4.27. The summed E-state index contributed by atoms with van der Waals surface area (Å²) in [6.07, 6.45) is 1.53. The summed E-state index contributed by atoms with van der Waals surface area (Å²) in [5.41, 5.74) is 1.49. The smallest absolute Gasteiger partial charge is 0.265 e. The van der Waals surface area contributed by atoms with Gasteiger partial charge in [0.05, 0.1) is 19.9 Å². The number of rotatable bonds is 9. The molecule has 1 amide bonds. The molecular formula is C24H26N2O4. The van der Waals surface area contributed by atoms with Crippen molar-refractivity contribution in [2.45, 2.75) is 13.8 Å². The molecule has 0 heterocycles. The lowest BCUT2D eigenvalue weighted by molar-refractivity contribution is -0.120. The molecule has 6 nitrogen and oxygen atoms in total. The van der Waals surface area contributed by atoms with Crippen molar-refractivity contribution >= 4 is 28.6 Å². The van der Waals surface area contributed by atoms with E-state index in [-0.39, 0.29) is 12.5 Å². The van der Waals surface area contributed by atoms with Crippen molar-refractivity contribution in [3.63, 3.8) is 0 Å². The van der Waals surface area contributed by atoms with Crippen molar-refractivity contribution in [1.82, 2.24) is 0 Å². The van der Waals surface area contributed by atoms with Crippen molar-refractivity contribution in [2.24, 2.45) is 11.1 Å². The van der Waals surface area contributed by atoms with Gasteiger partial charge in [0.1, 0.15) is 0 Å². The molecule has 0 saturated carbocycles. The average molecular weight is 406 g/mol. The maximum absolute atomic E-state index is 12.1. The Hall–Kier alpha value is -3.54. The van der Waals surface area contributed by atoms with E-state index in [4.69, 9.17) is 14.3 Å². The molecule has 0 saturated heterocycles. The van der Waals surface area contributed by atoms with Gasteiger partial charge in [0, 0.05) is 11.3 Å². The van der Waals surface area contributed by atoms with Crippen LogP contribution < -0.4 is 14.8 Å². The average Bonchev–Trinajstić information content (AvgIpc) is 2.75. The zero-order chi connectivity index (χ0) is 21.3. The molecule has 6 heteroatoms. The molecule has 0 aliphatic rings. The van der Waals surface area contributed by atoms with E-state index in [2.05, 4.69) is 24.3 Å². The Morgan fingerprint density at radius 1 is 1.03 bits per heavy atom. The second-order valence-corrected chi connectivity index (χ2v) is 7.23. The van der Waals surface area contributed by atoms with Crippen molar-refractivity contribution in [3.8, 4) is 11.5 Å². The molecule has 0 spiro atoms. The maximum Gasteiger partial charge on any atom is 0.265 e. The third-order valence-corrected chi connectivity index (χ3v) is 4.27. The molecule has 0 aromatic heterocycles. The molecule has 0 aliphatic carbocycles. The molecule has 0 radical (unpaired) electrons. The van der Waals surface area contributed by atoms with E-state index < -0.39 is 0 Å². The van der Waals surface area contributed by atoms with Crippen LogP contribution in [0.4, 0.5) is 5.69 Å². The van der Waals surface area contributed by atoms with Crippen LogP contribution in [0.5, 0.6) is 11.5 Å². The first-order chi connectivity index (χ1) is 14.5. The molecule has 3 rings (SSSR count). The number of nitrogens with zero attached hydrogens (tertiary/aromatic N) is 1. The Morgan fingerprint density at radius 3 is 2.60 bits per heavy atom. The number of nitrogens with one attached hydrogen (secondary N) is 1. The molecule has 0 atom stereocenters. The molecule has 156 valence electrons. The van der Waals surface area contributed by atoms with Crippen LogP contribution in [0, 0.1) is 5.92 Å². The second kappa shape index (κ2) is 10.3. The van der Waals surface area contributed by atoms with Gasteiger partial charge in [-0.15, -0.1) is 0 Å². The number of carbonyl (C=O) groups is 1. The number of anilines is 1. The van der Waals surface area contributed by atoms with Crippen molar-refractivity contribution in [2.75, 3.05) is 25.6 Å². The molecule has 0 fully saturated rings. The number of methoxy groups -OCH3 is 1. The molecular weight excluding hydrogens is 380 g/mol. The van der Waals surface area contributed by atoms with Crippen LogP contribution in [0.2, 0.25) is 0 Å². The molecule has 0 aliphatic heterocycles. The fraction of sp³-hybridized carbons (Fsp3) is 0.250. The fourth-order valence-electron chi connectivity index (χ4n) is 2.80. The lowest BCUT2D eigenvalue weighted by atomic mass is 10.1. The van der Waals surface area contributed by atoms with Gasteiger partial charge in [-0.2, -0.15) is 0 Å². The number of oxime groups is 1. The number of amides is 1. The van der Waals surface area contributed by atoms with Gasteiger partial charge in [-0.1, -0.05) is 49.3 Å². The first kappa shape index (κ1) is 21.2. The number of fused-ring (bicyclic) bond motifs is 1. The summed E-state index contributed by atoms with van der Waals surface area (Å²) in [5.74, 6) is 1.44. The van der Waals surface area contributed by atoms with Gasteiger partial charge in [0.2, 0.25) is 0 Å². The van der Waals surface area contributed by atoms with Gasteiger partial charge in [-0.3, -0.25) is 4.79 Å². The predicted octanol–water partition coefficient (Wildman–Crippen LogP) is 4.87. The van der Waals surface area contributed by atoms with Crippen LogP contribution in [0.25, 0.3) is 10.8 Å². The van der Waals surface area contributed by atoms with Crippen molar-refractivity contribution in [3.05, 3.63) is 66.2 Å². The number of hydrogen-bond donors (Lipinski definition) is 1. The standard InChI is InChI=1S/C24H26N2O4/c1-17(2)15-29-22-11-8-18(12-23(22)28-3)14-25-30-16-24(27)26-21-10-9-19-6-4-5-7-20(19)13-21/h4-14,17H,15-16H2,1-3H3,(H,26,27)/b25-14-. The number of benzene rings is 3. The molecule has 0 unspecified atom stereocenters. The van der Waals surface area contributed by atoms with Crippen LogP contribution in [-0.4, -0.2) is 32.4 Å². The lowest BCUT2D eigenvalue weighted by Gasteiger charge is -2.12. The van der Waals surface area contributed by atoms with Gasteiger partial charge < -0.3 is 19.6 Å². The van der Waals surface area contributed by atoms with Crippen LogP contribution in [-0.2, 0) is 9.63 Å². The minimum absolute atomic E-state index is 0.184. The van der Waals surface area contributed by atoms with Crippen LogP contribution in [0.15, 0.2) is 65.8 Å². The summed E-state index contributed by atoms with van der Waals surface area (Å²) in [7, 11) is 1.59.